The van der Waals surface area contributed by atoms with Crippen molar-refractivity contribution in [3.8, 4) is 5.75 Å². The Morgan fingerprint density at radius 2 is 1.75 bits per heavy atom. The second-order valence-electron chi connectivity index (χ2n) is 5.37. The maximum atomic E-state index is 5.80. The fourth-order valence-electron chi connectivity index (χ4n) is 2.19. The van der Waals surface area contributed by atoms with E-state index in [4.69, 9.17) is 4.74 Å². The van der Waals surface area contributed by atoms with Crippen LogP contribution in [0.5, 0.6) is 5.75 Å². The molecule has 0 heterocycles. The molecule has 0 atom stereocenters. The third-order valence-electron chi connectivity index (χ3n) is 3.72. The smallest absolute Gasteiger partial charge is 0.191 e. The van der Waals surface area contributed by atoms with E-state index >= 15 is 0 Å². The second-order valence-corrected chi connectivity index (χ2v) is 5.37. The number of nitrogens with zero attached hydrogens (tertiary/aromatic N) is 2. The van der Waals surface area contributed by atoms with Crippen LogP contribution >= 0.6 is 24.0 Å². The minimum Gasteiger partial charge on any atom is -0.492 e. The van der Waals surface area contributed by atoms with Crippen LogP contribution in [0.4, 0.5) is 0 Å². The summed E-state index contributed by atoms with van der Waals surface area (Å²) in [5.41, 5.74) is 1.21. The van der Waals surface area contributed by atoms with Gasteiger partial charge in [0, 0.05) is 26.7 Å². The summed E-state index contributed by atoms with van der Waals surface area (Å²) < 4.78 is 5.80. The van der Waals surface area contributed by atoms with Gasteiger partial charge in [0.05, 0.1) is 0 Å². The lowest BCUT2D eigenvalue weighted by atomic mass is 10.2. The van der Waals surface area contributed by atoms with E-state index in [9.17, 15) is 0 Å². The molecule has 0 radical (unpaired) electrons. The Morgan fingerprint density at radius 1 is 1.08 bits per heavy atom. The van der Waals surface area contributed by atoms with Gasteiger partial charge < -0.3 is 20.3 Å². The molecule has 6 heteroatoms. The van der Waals surface area contributed by atoms with Crippen molar-refractivity contribution in [2.75, 3.05) is 39.8 Å². The summed E-state index contributed by atoms with van der Waals surface area (Å²) in [4.78, 5) is 6.55. The van der Waals surface area contributed by atoms with Crippen LogP contribution in [-0.4, -0.2) is 50.7 Å². The van der Waals surface area contributed by atoms with E-state index in [1.165, 1.54) is 5.56 Å². The molecule has 1 aromatic rings. The van der Waals surface area contributed by atoms with Gasteiger partial charge in [-0.2, -0.15) is 0 Å². The standard InChI is InChI=1S/C18H32N4O.HI/c1-5-12-20-18(19-4)21-15-16-8-10-17(11-9-16)23-14-13-22(6-2)7-3;/h8-11H,5-7,12-15H2,1-4H3,(H2,19,20,21);1H. The first-order valence-corrected chi connectivity index (χ1v) is 8.62. The highest BCUT2D eigenvalue weighted by Crippen LogP contribution is 2.12. The lowest BCUT2D eigenvalue weighted by Gasteiger charge is -2.18. The molecule has 0 aliphatic carbocycles. The Labute approximate surface area is 164 Å². The van der Waals surface area contributed by atoms with Gasteiger partial charge in [-0.15, -0.1) is 24.0 Å². The quantitative estimate of drug-likeness (QED) is 0.328. The zero-order valence-electron chi connectivity index (χ0n) is 15.5. The maximum absolute atomic E-state index is 5.80. The molecule has 1 aromatic carbocycles. The van der Waals surface area contributed by atoms with Gasteiger partial charge in [0.2, 0.25) is 0 Å². The van der Waals surface area contributed by atoms with Crippen LogP contribution in [0.25, 0.3) is 0 Å². The number of nitrogens with one attached hydrogen (secondary N) is 2. The van der Waals surface area contributed by atoms with Crippen LogP contribution in [-0.2, 0) is 6.54 Å². The second kappa shape index (κ2) is 14.3. The van der Waals surface area contributed by atoms with E-state index in [-0.39, 0.29) is 24.0 Å². The third kappa shape index (κ3) is 9.32. The third-order valence-corrected chi connectivity index (χ3v) is 3.72. The molecule has 0 unspecified atom stereocenters. The van der Waals surface area contributed by atoms with Gasteiger partial charge in [-0.25, -0.2) is 0 Å². The van der Waals surface area contributed by atoms with Crippen LogP contribution in [0.15, 0.2) is 29.3 Å². The molecule has 2 N–H and O–H groups in total. The number of halogens is 1. The molecule has 0 amide bonds. The number of hydrogen-bond acceptors (Lipinski definition) is 3. The Hall–Kier alpha value is -1.02. The average Bonchev–Trinajstić information content (AvgIpc) is 2.60. The predicted octanol–water partition coefficient (Wildman–Crippen LogP) is 3.10. The van der Waals surface area contributed by atoms with Crippen molar-refractivity contribution in [2.45, 2.75) is 33.7 Å². The van der Waals surface area contributed by atoms with Crippen molar-refractivity contribution in [1.29, 1.82) is 0 Å². The topological polar surface area (TPSA) is 48.9 Å². The van der Waals surface area contributed by atoms with Crippen LogP contribution in [0.1, 0.15) is 32.8 Å². The van der Waals surface area contributed by atoms with Gasteiger partial charge in [0.1, 0.15) is 12.4 Å². The highest BCUT2D eigenvalue weighted by Gasteiger charge is 2.01. The first-order valence-electron chi connectivity index (χ1n) is 8.62. The summed E-state index contributed by atoms with van der Waals surface area (Å²) >= 11 is 0. The van der Waals surface area contributed by atoms with Gasteiger partial charge in [0.25, 0.3) is 0 Å². The minimum absolute atomic E-state index is 0. The molecule has 0 aliphatic rings. The first-order chi connectivity index (χ1) is 11.2. The molecule has 0 saturated heterocycles. The van der Waals surface area contributed by atoms with E-state index < -0.39 is 0 Å². The summed E-state index contributed by atoms with van der Waals surface area (Å²) in [6.45, 7) is 12.0. The average molecular weight is 448 g/mol. The number of ether oxygens (including phenoxy) is 1. The van der Waals surface area contributed by atoms with Crippen LogP contribution < -0.4 is 15.4 Å². The molecule has 0 aliphatic heterocycles. The Bertz CT molecular complexity index is 447. The van der Waals surface area contributed by atoms with Crippen molar-refractivity contribution in [2.24, 2.45) is 4.99 Å². The molecular weight excluding hydrogens is 415 g/mol. The van der Waals surface area contributed by atoms with Crippen molar-refractivity contribution in [3.63, 3.8) is 0 Å². The van der Waals surface area contributed by atoms with Crippen LogP contribution in [0, 0.1) is 0 Å². The van der Waals surface area contributed by atoms with Gasteiger partial charge in [-0.05, 0) is 37.2 Å². The van der Waals surface area contributed by atoms with Crippen molar-refractivity contribution in [3.05, 3.63) is 29.8 Å². The monoisotopic (exact) mass is 448 g/mol. The largest absolute Gasteiger partial charge is 0.492 e. The van der Waals surface area contributed by atoms with E-state index in [1.54, 1.807) is 7.05 Å². The SMILES string of the molecule is CCCNC(=NC)NCc1ccc(OCCN(CC)CC)cc1.I. The number of benzene rings is 1. The fraction of sp³-hybridized carbons (Fsp3) is 0.611. The van der Waals surface area contributed by atoms with Gasteiger partial charge in [0.15, 0.2) is 5.96 Å². The lowest BCUT2D eigenvalue weighted by Crippen LogP contribution is -2.37. The number of hydrogen-bond donors (Lipinski definition) is 2. The normalized spacial score (nSPS) is 11.1. The Kier molecular flexibility index (Phi) is 13.7. The molecular formula is C18H33IN4O. The molecule has 0 fully saturated rings. The van der Waals surface area contributed by atoms with Crippen LogP contribution in [0.3, 0.4) is 0 Å². The van der Waals surface area contributed by atoms with Gasteiger partial charge >= 0.3 is 0 Å². The van der Waals surface area contributed by atoms with E-state index in [0.717, 1.165) is 57.5 Å². The van der Waals surface area contributed by atoms with Crippen molar-refractivity contribution < 1.29 is 4.74 Å². The highest BCUT2D eigenvalue weighted by molar-refractivity contribution is 14.0. The summed E-state index contributed by atoms with van der Waals surface area (Å²) in [5, 5.41) is 6.56. The molecule has 0 saturated carbocycles. The molecule has 0 spiro atoms. The van der Waals surface area contributed by atoms with Crippen molar-refractivity contribution >= 4 is 29.9 Å². The fourth-order valence-corrected chi connectivity index (χ4v) is 2.19. The predicted molar refractivity (Wildman–Crippen MR) is 114 cm³/mol. The maximum Gasteiger partial charge on any atom is 0.191 e. The number of aliphatic imine (C=N–C) groups is 1. The summed E-state index contributed by atoms with van der Waals surface area (Å²) in [7, 11) is 1.79. The van der Waals surface area contributed by atoms with Crippen molar-refractivity contribution in [1.82, 2.24) is 15.5 Å². The minimum atomic E-state index is 0. The van der Waals surface area contributed by atoms with Gasteiger partial charge in [-0.3, -0.25) is 4.99 Å². The van der Waals surface area contributed by atoms with Crippen LogP contribution in [0.2, 0.25) is 0 Å². The zero-order valence-corrected chi connectivity index (χ0v) is 17.8. The Balaban J connectivity index is 0.00000529. The number of guanidine groups is 1. The molecule has 0 bridgehead atoms. The molecule has 1 rings (SSSR count). The number of rotatable bonds is 10. The van der Waals surface area contributed by atoms with E-state index in [2.05, 4.69) is 53.4 Å². The molecule has 0 aromatic heterocycles. The highest BCUT2D eigenvalue weighted by atomic mass is 127. The van der Waals surface area contributed by atoms with E-state index in [0.29, 0.717) is 0 Å². The van der Waals surface area contributed by atoms with E-state index in [1.807, 2.05) is 12.1 Å². The first kappa shape index (κ1) is 23.0. The summed E-state index contributed by atoms with van der Waals surface area (Å²) in [5.74, 6) is 1.76. The molecule has 24 heavy (non-hydrogen) atoms. The summed E-state index contributed by atoms with van der Waals surface area (Å²) in [6, 6.07) is 8.24. The van der Waals surface area contributed by atoms with Gasteiger partial charge in [-0.1, -0.05) is 32.9 Å². The zero-order chi connectivity index (χ0) is 16.9. The molecule has 138 valence electrons. The lowest BCUT2D eigenvalue weighted by molar-refractivity contribution is 0.223. The molecule has 5 nitrogen and oxygen atoms in total. The Morgan fingerprint density at radius 3 is 2.29 bits per heavy atom. The summed E-state index contributed by atoms with van der Waals surface area (Å²) in [6.07, 6.45) is 1.08. The number of likely N-dealkylation sites (N-methyl/N-ethyl adjacent to an activating group) is 1.